The number of hydrogen-bond donors (Lipinski definition) is 2. The summed E-state index contributed by atoms with van der Waals surface area (Å²) in [5.74, 6) is 0.707. The molecular formula is C17H17N3O4. The van der Waals surface area contributed by atoms with Gasteiger partial charge in [0, 0.05) is 18.0 Å². The monoisotopic (exact) mass is 327 g/mol. The average molecular weight is 327 g/mol. The number of piperidine rings is 1. The van der Waals surface area contributed by atoms with Gasteiger partial charge in [-0.25, -0.2) is 4.98 Å². The smallest absolute Gasteiger partial charge is 0.252 e. The lowest BCUT2D eigenvalue weighted by Gasteiger charge is -2.16. The molecular weight excluding hydrogens is 310 g/mol. The summed E-state index contributed by atoms with van der Waals surface area (Å²) in [5, 5.41) is 4.51. The number of benzene rings is 1. The Morgan fingerprint density at radius 1 is 1.50 bits per heavy atom. The first-order valence-electron chi connectivity index (χ1n) is 7.73. The normalized spacial score (nSPS) is 24.4. The van der Waals surface area contributed by atoms with Crippen molar-refractivity contribution in [1.82, 2.24) is 10.3 Å². The van der Waals surface area contributed by atoms with Gasteiger partial charge in [-0.15, -0.1) is 0 Å². The highest BCUT2D eigenvalue weighted by molar-refractivity contribution is 6.01. The Kier molecular flexibility index (Phi) is 3.13. The van der Waals surface area contributed by atoms with E-state index in [9.17, 15) is 9.59 Å². The highest BCUT2D eigenvalue weighted by atomic mass is 16.5. The Morgan fingerprint density at radius 3 is 3.00 bits per heavy atom. The van der Waals surface area contributed by atoms with Gasteiger partial charge in [0.1, 0.15) is 12.4 Å². The zero-order valence-corrected chi connectivity index (χ0v) is 13.2. The van der Waals surface area contributed by atoms with Crippen molar-refractivity contribution in [2.75, 3.05) is 13.7 Å². The van der Waals surface area contributed by atoms with E-state index in [1.807, 2.05) is 0 Å². The maximum absolute atomic E-state index is 11.5. The number of nitrogens with one attached hydrogen (secondary N) is 1. The van der Waals surface area contributed by atoms with Crippen LogP contribution in [-0.4, -0.2) is 36.1 Å². The Hall–Kier alpha value is -2.83. The highest BCUT2D eigenvalue weighted by Crippen LogP contribution is 2.50. The number of rotatable bonds is 5. The van der Waals surface area contributed by atoms with Gasteiger partial charge in [0.15, 0.2) is 0 Å². The zero-order valence-electron chi connectivity index (χ0n) is 13.2. The number of pyridine rings is 1. The molecule has 1 aliphatic heterocycles. The van der Waals surface area contributed by atoms with E-state index in [-0.39, 0.29) is 11.4 Å². The summed E-state index contributed by atoms with van der Waals surface area (Å²) in [6.45, 7) is 0.384. The first kappa shape index (κ1) is 14.7. The first-order chi connectivity index (χ1) is 11.5. The van der Waals surface area contributed by atoms with Crippen LogP contribution in [0.3, 0.4) is 0 Å². The molecule has 1 aliphatic carbocycles. The van der Waals surface area contributed by atoms with E-state index >= 15 is 0 Å². The lowest BCUT2D eigenvalue weighted by atomic mass is 10.1. The number of hydrogen-bond acceptors (Lipinski definition) is 5. The molecule has 2 heterocycles. The number of primary amides is 1. The van der Waals surface area contributed by atoms with Crippen LogP contribution in [0.5, 0.6) is 11.6 Å². The number of carbonyl (C=O) groups excluding carboxylic acids is 2. The van der Waals surface area contributed by atoms with Crippen LogP contribution in [0.25, 0.3) is 10.8 Å². The Labute approximate surface area is 138 Å². The van der Waals surface area contributed by atoms with Crippen LogP contribution in [0.15, 0.2) is 24.4 Å². The van der Waals surface area contributed by atoms with Gasteiger partial charge in [-0.3, -0.25) is 9.59 Å². The molecule has 124 valence electrons. The number of amides is 2. The third-order valence-corrected chi connectivity index (χ3v) is 4.83. The number of aromatic nitrogens is 1. The minimum atomic E-state index is -0.554. The van der Waals surface area contributed by atoms with E-state index in [2.05, 4.69) is 10.3 Å². The molecule has 1 saturated heterocycles. The van der Waals surface area contributed by atoms with Crippen molar-refractivity contribution >= 4 is 22.6 Å². The second-order valence-corrected chi connectivity index (χ2v) is 6.35. The Morgan fingerprint density at radius 2 is 2.33 bits per heavy atom. The highest BCUT2D eigenvalue weighted by Gasteiger charge is 2.61. The number of methoxy groups -OCH3 is 1. The average Bonchev–Trinajstić information content (AvgIpc) is 3.13. The molecule has 2 atom stereocenters. The van der Waals surface area contributed by atoms with Crippen LogP contribution in [0.2, 0.25) is 0 Å². The SMILES string of the molecule is COc1cc2c(OCC34C[C@H]3CC(=O)N4)nccc2cc1C(N)=O. The van der Waals surface area contributed by atoms with Crippen LogP contribution >= 0.6 is 0 Å². The fourth-order valence-electron chi connectivity index (χ4n) is 3.41. The molecule has 4 rings (SSSR count). The topological polar surface area (TPSA) is 104 Å². The van der Waals surface area contributed by atoms with Crippen molar-refractivity contribution in [2.24, 2.45) is 11.7 Å². The maximum Gasteiger partial charge on any atom is 0.252 e. The second kappa shape index (κ2) is 5.09. The largest absolute Gasteiger partial charge is 0.496 e. The predicted molar refractivity (Wildman–Crippen MR) is 85.9 cm³/mol. The molecule has 0 spiro atoms. The third kappa shape index (κ3) is 2.24. The summed E-state index contributed by atoms with van der Waals surface area (Å²) in [6, 6.07) is 5.15. The van der Waals surface area contributed by atoms with Gasteiger partial charge in [-0.1, -0.05) is 0 Å². The van der Waals surface area contributed by atoms with Gasteiger partial charge >= 0.3 is 0 Å². The molecule has 2 aromatic rings. The molecule has 24 heavy (non-hydrogen) atoms. The Balaban J connectivity index is 1.66. The zero-order chi connectivity index (χ0) is 16.9. The lowest BCUT2D eigenvalue weighted by molar-refractivity contribution is -0.120. The van der Waals surface area contributed by atoms with Gasteiger partial charge in [0.25, 0.3) is 5.91 Å². The fourth-order valence-corrected chi connectivity index (χ4v) is 3.41. The minimum absolute atomic E-state index is 0.0773. The quantitative estimate of drug-likeness (QED) is 0.852. The van der Waals surface area contributed by atoms with E-state index in [4.69, 9.17) is 15.2 Å². The van der Waals surface area contributed by atoms with Crippen molar-refractivity contribution < 1.29 is 19.1 Å². The van der Waals surface area contributed by atoms with Gasteiger partial charge in [-0.2, -0.15) is 0 Å². The molecule has 7 heteroatoms. The summed E-state index contributed by atoms with van der Waals surface area (Å²) < 4.78 is 11.1. The molecule has 0 bridgehead atoms. The number of ether oxygens (including phenoxy) is 2. The lowest BCUT2D eigenvalue weighted by Crippen LogP contribution is -2.37. The summed E-state index contributed by atoms with van der Waals surface area (Å²) in [7, 11) is 1.48. The van der Waals surface area contributed by atoms with Crippen molar-refractivity contribution in [3.05, 3.63) is 30.0 Å². The second-order valence-electron chi connectivity index (χ2n) is 6.35. The summed E-state index contributed by atoms with van der Waals surface area (Å²) in [6.07, 6.45) is 3.13. The van der Waals surface area contributed by atoms with Crippen LogP contribution in [-0.2, 0) is 4.79 Å². The molecule has 2 aliphatic rings. The van der Waals surface area contributed by atoms with Gasteiger partial charge in [-0.05, 0) is 35.9 Å². The van der Waals surface area contributed by atoms with Crippen LogP contribution < -0.4 is 20.5 Å². The van der Waals surface area contributed by atoms with E-state index in [1.165, 1.54) is 7.11 Å². The molecule has 7 nitrogen and oxygen atoms in total. The molecule has 1 aromatic heterocycles. The summed E-state index contributed by atoms with van der Waals surface area (Å²) >= 11 is 0. The number of fused-ring (bicyclic) bond motifs is 2. The van der Waals surface area contributed by atoms with E-state index in [1.54, 1.807) is 24.4 Å². The van der Waals surface area contributed by atoms with Gasteiger partial charge in [0.2, 0.25) is 11.8 Å². The number of nitrogens with two attached hydrogens (primary N) is 1. The van der Waals surface area contributed by atoms with Crippen LogP contribution in [0.4, 0.5) is 0 Å². The molecule has 2 fully saturated rings. The van der Waals surface area contributed by atoms with E-state index in [0.717, 1.165) is 17.2 Å². The molecule has 1 saturated carbocycles. The molecule has 3 N–H and O–H groups in total. The van der Waals surface area contributed by atoms with Crippen molar-refractivity contribution in [2.45, 2.75) is 18.4 Å². The van der Waals surface area contributed by atoms with Crippen LogP contribution in [0.1, 0.15) is 23.2 Å². The van der Waals surface area contributed by atoms with Crippen molar-refractivity contribution in [1.29, 1.82) is 0 Å². The third-order valence-electron chi connectivity index (χ3n) is 4.83. The maximum atomic E-state index is 11.5. The first-order valence-corrected chi connectivity index (χ1v) is 7.73. The van der Waals surface area contributed by atoms with Crippen molar-refractivity contribution in [3.8, 4) is 11.6 Å². The minimum Gasteiger partial charge on any atom is -0.496 e. The molecule has 0 radical (unpaired) electrons. The van der Waals surface area contributed by atoms with E-state index in [0.29, 0.717) is 36.1 Å². The van der Waals surface area contributed by atoms with Gasteiger partial charge < -0.3 is 20.5 Å². The summed E-state index contributed by atoms with van der Waals surface area (Å²) in [5.41, 5.74) is 5.46. The number of carbonyl (C=O) groups is 2. The molecule has 2 amide bonds. The molecule has 1 aromatic carbocycles. The summed E-state index contributed by atoms with van der Waals surface area (Å²) in [4.78, 5) is 27.3. The standard InChI is InChI=1S/C17H17N3O4/c1-23-13-6-11-9(4-12(13)15(18)22)2-3-19-16(11)24-8-17-7-10(17)5-14(21)20-17/h2-4,6,10H,5,7-8H2,1H3,(H2,18,22)(H,20,21)/t10-,17?/m1/s1. The predicted octanol–water partition coefficient (Wildman–Crippen LogP) is 1.000. The molecule has 1 unspecified atom stereocenters. The van der Waals surface area contributed by atoms with E-state index < -0.39 is 5.91 Å². The van der Waals surface area contributed by atoms with Gasteiger partial charge in [0.05, 0.1) is 18.2 Å². The van der Waals surface area contributed by atoms with Crippen molar-refractivity contribution in [3.63, 3.8) is 0 Å². The Bertz CT molecular complexity index is 866. The fraction of sp³-hybridized carbons (Fsp3) is 0.353. The van der Waals surface area contributed by atoms with Crippen LogP contribution in [0, 0.1) is 5.92 Å². The number of nitrogens with zero attached hydrogens (tertiary/aromatic N) is 1.